The standard InChI is InChI=1S/C10H14FN3/c1-13-7-5-14-10(6-3-2-4-6)8(11)9(7)12/h5-6,13H,2-4H2,1H3,(H2,12,14). The topological polar surface area (TPSA) is 50.9 Å². The van der Waals surface area contributed by atoms with Crippen molar-refractivity contribution < 1.29 is 4.39 Å². The summed E-state index contributed by atoms with van der Waals surface area (Å²) in [6.45, 7) is 0. The second-order valence-corrected chi connectivity index (χ2v) is 3.66. The zero-order chi connectivity index (χ0) is 10.1. The summed E-state index contributed by atoms with van der Waals surface area (Å²) in [6, 6.07) is 0. The monoisotopic (exact) mass is 195 g/mol. The molecule has 3 N–H and O–H groups in total. The van der Waals surface area contributed by atoms with Crippen LogP contribution in [0.25, 0.3) is 0 Å². The van der Waals surface area contributed by atoms with Crippen LogP contribution >= 0.6 is 0 Å². The number of halogens is 1. The van der Waals surface area contributed by atoms with Crippen LogP contribution in [0.1, 0.15) is 30.9 Å². The highest BCUT2D eigenvalue weighted by Crippen LogP contribution is 2.38. The maximum atomic E-state index is 13.7. The fraction of sp³-hybridized carbons (Fsp3) is 0.500. The van der Waals surface area contributed by atoms with Gasteiger partial charge in [0.15, 0.2) is 5.82 Å². The van der Waals surface area contributed by atoms with Gasteiger partial charge in [-0.15, -0.1) is 0 Å². The molecule has 1 aromatic rings. The fourth-order valence-corrected chi connectivity index (χ4v) is 1.68. The molecular formula is C10H14FN3. The normalized spacial score (nSPS) is 16.4. The molecule has 1 aromatic heterocycles. The van der Waals surface area contributed by atoms with E-state index in [1.165, 1.54) is 6.42 Å². The van der Waals surface area contributed by atoms with Crippen molar-refractivity contribution >= 4 is 11.4 Å². The third kappa shape index (κ3) is 1.31. The Kier molecular flexibility index (Phi) is 2.27. The van der Waals surface area contributed by atoms with Crippen molar-refractivity contribution in [2.24, 2.45) is 0 Å². The first-order valence-electron chi connectivity index (χ1n) is 4.85. The Labute approximate surface area is 82.5 Å². The van der Waals surface area contributed by atoms with Gasteiger partial charge in [0.25, 0.3) is 0 Å². The van der Waals surface area contributed by atoms with Crippen molar-refractivity contribution in [3.63, 3.8) is 0 Å². The van der Waals surface area contributed by atoms with Crippen molar-refractivity contribution in [3.8, 4) is 0 Å². The summed E-state index contributed by atoms with van der Waals surface area (Å²) in [4.78, 5) is 4.11. The first-order chi connectivity index (χ1) is 6.74. The lowest BCUT2D eigenvalue weighted by Gasteiger charge is -2.25. The molecular weight excluding hydrogens is 181 g/mol. The van der Waals surface area contributed by atoms with Crippen molar-refractivity contribution in [2.75, 3.05) is 18.1 Å². The van der Waals surface area contributed by atoms with Gasteiger partial charge in [-0.05, 0) is 12.8 Å². The van der Waals surface area contributed by atoms with Crippen LogP contribution in [0.3, 0.4) is 0 Å². The number of hydrogen-bond donors (Lipinski definition) is 2. The highest BCUT2D eigenvalue weighted by Gasteiger charge is 2.25. The predicted octanol–water partition coefficient (Wildman–Crippen LogP) is 2.11. The van der Waals surface area contributed by atoms with Gasteiger partial charge in [-0.3, -0.25) is 4.98 Å². The molecule has 0 radical (unpaired) electrons. The van der Waals surface area contributed by atoms with Gasteiger partial charge in [0.05, 0.1) is 23.3 Å². The molecule has 14 heavy (non-hydrogen) atoms. The van der Waals surface area contributed by atoms with E-state index in [0.717, 1.165) is 12.8 Å². The van der Waals surface area contributed by atoms with Crippen molar-refractivity contribution in [3.05, 3.63) is 17.7 Å². The third-order valence-corrected chi connectivity index (χ3v) is 2.85. The highest BCUT2D eigenvalue weighted by molar-refractivity contribution is 5.66. The van der Waals surface area contributed by atoms with Gasteiger partial charge >= 0.3 is 0 Å². The van der Waals surface area contributed by atoms with Gasteiger partial charge in [0, 0.05) is 13.0 Å². The summed E-state index contributed by atoms with van der Waals surface area (Å²) in [7, 11) is 1.70. The smallest absolute Gasteiger partial charge is 0.169 e. The first kappa shape index (κ1) is 9.24. The summed E-state index contributed by atoms with van der Waals surface area (Å²) >= 11 is 0. The van der Waals surface area contributed by atoms with Crippen LogP contribution in [-0.4, -0.2) is 12.0 Å². The number of rotatable bonds is 2. The molecule has 0 aromatic carbocycles. The van der Waals surface area contributed by atoms with E-state index in [9.17, 15) is 4.39 Å². The molecule has 0 atom stereocenters. The number of nitrogens with zero attached hydrogens (tertiary/aromatic N) is 1. The third-order valence-electron chi connectivity index (χ3n) is 2.85. The molecule has 1 fully saturated rings. The molecule has 0 amide bonds. The fourth-order valence-electron chi connectivity index (χ4n) is 1.68. The van der Waals surface area contributed by atoms with Crippen LogP contribution in [-0.2, 0) is 0 Å². The Bertz CT molecular complexity index is 347. The molecule has 76 valence electrons. The molecule has 0 unspecified atom stereocenters. The molecule has 1 aliphatic rings. The van der Waals surface area contributed by atoms with E-state index < -0.39 is 0 Å². The lowest BCUT2D eigenvalue weighted by molar-refractivity contribution is 0.395. The number of hydrogen-bond acceptors (Lipinski definition) is 3. The molecule has 3 nitrogen and oxygen atoms in total. The molecule has 2 rings (SSSR count). The number of pyridine rings is 1. The molecule has 1 heterocycles. The van der Waals surface area contributed by atoms with E-state index >= 15 is 0 Å². The molecule has 1 aliphatic carbocycles. The number of anilines is 2. The molecule has 1 saturated carbocycles. The molecule has 4 heteroatoms. The number of nitrogen functional groups attached to an aromatic ring is 1. The van der Waals surface area contributed by atoms with E-state index in [4.69, 9.17) is 5.73 Å². The van der Waals surface area contributed by atoms with Gasteiger partial charge in [-0.1, -0.05) is 6.42 Å². The van der Waals surface area contributed by atoms with E-state index in [1.54, 1.807) is 13.2 Å². The average molecular weight is 195 g/mol. The highest BCUT2D eigenvalue weighted by atomic mass is 19.1. The SMILES string of the molecule is CNc1cnc(C2CCC2)c(F)c1N. The Morgan fingerprint density at radius 2 is 2.29 bits per heavy atom. The van der Waals surface area contributed by atoms with Crippen molar-refractivity contribution in [2.45, 2.75) is 25.2 Å². The van der Waals surface area contributed by atoms with Gasteiger partial charge in [0.1, 0.15) is 0 Å². The minimum Gasteiger partial charge on any atom is -0.395 e. The van der Waals surface area contributed by atoms with Crippen LogP contribution < -0.4 is 11.1 Å². The zero-order valence-corrected chi connectivity index (χ0v) is 8.18. The largest absolute Gasteiger partial charge is 0.395 e. The van der Waals surface area contributed by atoms with Gasteiger partial charge in [-0.25, -0.2) is 4.39 Å². The van der Waals surface area contributed by atoms with Gasteiger partial charge in [-0.2, -0.15) is 0 Å². The minimum absolute atomic E-state index is 0.185. The lowest BCUT2D eigenvalue weighted by Crippen LogP contribution is -2.14. The summed E-state index contributed by atoms with van der Waals surface area (Å²) in [5.74, 6) is -0.0650. The van der Waals surface area contributed by atoms with E-state index in [-0.39, 0.29) is 17.4 Å². The van der Waals surface area contributed by atoms with E-state index in [2.05, 4.69) is 10.3 Å². The second kappa shape index (κ2) is 3.44. The quantitative estimate of drug-likeness (QED) is 0.759. The molecule has 0 bridgehead atoms. The zero-order valence-electron chi connectivity index (χ0n) is 8.18. The summed E-state index contributed by atoms with van der Waals surface area (Å²) < 4.78 is 13.7. The maximum absolute atomic E-state index is 13.7. The van der Waals surface area contributed by atoms with Crippen LogP contribution in [0.15, 0.2) is 6.20 Å². The van der Waals surface area contributed by atoms with E-state index in [1.807, 2.05) is 0 Å². The van der Waals surface area contributed by atoms with Gasteiger partial charge < -0.3 is 11.1 Å². The predicted molar refractivity (Wildman–Crippen MR) is 54.7 cm³/mol. The summed E-state index contributed by atoms with van der Waals surface area (Å²) in [5, 5.41) is 2.81. The molecule has 0 spiro atoms. The Morgan fingerprint density at radius 1 is 1.57 bits per heavy atom. The van der Waals surface area contributed by atoms with E-state index in [0.29, 0.717) is 11.4 Å². The number of nitrogens with two attached hydrogens (primary N) is 1. The van der Waals surface area contributed by atoms with Crippen molar-refractivity contribution in [1.29, 1.82) is 0 Å². The Hall–Kier alpha value is -1.32. The second-order valence-electron chi connectivity index (χ2n) is 3.66. The summed E-state index contributed by atoms with van der Waals surface area (Å²) in [6.07, 6.45) is 4.83. The van der Waals surface area contributed by atoms with Crippen LogP contribution in [0, 0.1) is 5.82 Å². The Morgan fingerprint density at radius 3 is 2.79 bits per heavy atom. The van der Waals surface area contributed by atoms with Crippen LogP contribution in [0.4, 0.5) is 15.8 Å². The molecule has 0 saturated heterocycles. The molecule has 0 aliphatic heterocycles. The maximum Gasteiger partial charge on any atom is 0.169 e. The number of nitrogens with one attached hydrogen (secondary N) is 1. The Balaban J connectivity index is 2.38. The lowest BCUT2D eigenvalue weighted by atomic mass is 9.82. The minimum atomic E-state index is -0.346. The average Bonchev–Trinajstić information content (AvgIpc) is 2.10. The van der Waals surface area contributed by atoms with Crippen LogP contribution in [0.2, 0.25) is 0 Å². The summed E-state index contributed by atoms with van der Waals surface area (Å²) in [5.41, 5.74) is 6.91. The van der Waals surface area contributed by atoms with Gasteiger partial charge in [0.2, 0.25) is 0 Å². The van der Waals surface area contributed by atoms with Crippen LogP contribution in [0.5, 0.6) is 0 Å². The number of aromatic nitrogens is 1. The first-order valence-corrected chi connectivity index (χ1v) is 4.85. The van der Waals surface area contributed by atoms with Crippen molar-refractivity contribution in [1.82, 2.24) is 4.98 Å².